The molecule has 0 aromatic heterocycles. The van der Waals surface area contributed by atoms with Crippen molar-refractivity contribution in [2.75, 3.05) is 32.2 Å². The van der Waals surface area contributed by atoms with E-state index in [1.807, 2.05) is 0 Å². The minimum atomic E-state index is -0.503. The van der Waals surface area contributed by atoms with E-state index in [1.54, 1.807) is 29.2 Å². The standard InChI is InChI=1S/C15H20ClN3O4/c1-22-14(23-2)8-17-15(21)18-11-7-13(20)19(9-11)12-5-3-10(16)4-6-12/h3-6,11,14H,7-9H2,1-2H3,(H2,17,18,21). The summed E-state index contributed by atoms with van der Waals surface area (Å²) in [7, 11) is 2.99. The second kappa shape index (κ2) is 8.14. The Hall–Kier alpha value is -1.83. The van der Waals surface area contributed by atoms with E-state index in [0.717, 1.165) is 5.69 Å². The van der Waals surface area contributed by atoms with Gasteiger partial charge in [-0.25, -0.2) is 4.79 Å². The van der Waals surface area contributed by atoms with E-state index in [4.69, 9.17) is 21.1 Å². The Kier molecular flexibility index (Phi) is 6.20. The summed E-state index contributed by atoms with van der Waals surface area (Å²) in [6.45, 7) is 0.645. The molecule has 8 heteroatoms. The van der Waals surface area contributed by atoms with Crippen LogP contribution in [0.2, 0.25) is 5.02 Å². The van der Waals surface area contributed by atoms with Gasteiger partial charge in [0.05, 0.1) is 12.6 Å². The number of nitrogens with one attached hydrogen (secondary N) is 2. The average Bonchev–Trinajstić information content (AvgIpc) is 2.89. The van der Waals surface area contributed by atoms with Crippen molar-refractivity contribution < 1.29 is 19.1 Å². The first-order chi connectivity index (χ1) is 11.0. The number of rotatable bonds is 6. The number of benzene rings is 1. The molecule has 0 saturated carbocycles. The Labute approximate surface area is 139 Å². The highest BCUT2D eigenvalue weighted by molar-refractivity contribution is 6.30. The zero-order valence-corrected chi connectivity index (χ0v) is 13.8. The lowest BCUT2D eigenvalue weighted by atomic mass is 10.2. The van der Waals surface area contributed by atoms with Gasteiger partial charge in [0.15, 0.2) is 6.29 Å². The third kappa shape index (κ3) is 4.82. The number of urea groups is 1. The summed E-state index contributed by atoms with van der Waals surface area (Å²) in [6.07, 6.45) is -0.245. The summed E-state index contributed by atoms with van der Waals surface area (Å²) in [4.78, 5) is 25.6. The smallest absolute Gasteiger partial charge is 0.315 e. The van der Waals surface area contributed by atoms with Crippen LogP contribution in [0.5, 0.6) is 0 Å². The Morgan fingerprint density at radius 2 is 2.00 bits per heavy atom. The zero-order valence-electron chi connectivity index (χ0n) is 13.0. The van der Waals surface area contributed by atoms with Crippen molar-refractivity contribution in [2.24, 2.45) is 0 Å². The number of ether oxygens (including phenoxy) is 2. The summed E-state index contributed by atoms with van der Waals surface area (Å²) in [5, 5.41) is 6.03. The van der Waals surface area contributed by atoms with Crippen molar-refractivity contribution >= 4 is 29.2 Å². The molecule has 1 fully saturated rings. The van der Waals surface area contributed by atoms with Crippen LogP contribution in [0.3, 0.4) is 0 Å². The molecule has 1 unspecified atom stereocenters. The summed E-state index contributed by atoms with van der Waals surface area (Å²) < 4.78 is 9.97. The molecule has 23 heavy (non-hydrogen) atoms. The van der Waals surface area contributed by atoms with Crippen LogP contribution in [0.15, 0.2) is 24.3 Å². The number of nitrogens with zero attached hydrogens (tertiary/aromatic N) is 1. The van der Waals surface area contributed by atoms with E-state index in [2.05, 4.69) is 10.6 Å². The first-order valence-electron chi connectivity index (χ1n) is 7.19. The highest BCUT2D eigenvalue weighted by atomic mass is 35.5. The summed E-state index contributed by atoms with van der Waals surface area (Å²) in [5.74, 6) is -0.0377. The van der Waals surface area contributed by atoms with Crippen LogP contribution >= 0.6 is 11.6 Å². The Morgan fingerprint density at radius 3 is 2.61 bits per heavy atom. The van der Waals surface area contributed by atoms with Gasteiger partial charge in [-0.1, -0.05) is 11.6 Å². The van der Waals surface area contributed by atoms with Crippen LogP contribution in [-0.4, -0.2) is 51.6 Å². The molecule has 0 bridgehead atoms. The molecule has 1 aromatic rings. The molecule has 2 rings (SSSR count). The van der Waals surface area contributed by atoms with Gasteiger partial charge in [0.1, 0.15) is 0 Å². The highest BCUT2D eigenvalue weighted by Gasteiger charge is 2.31. The number of carbonyl (C=O) groups is 2. The predicted molar refractivity (Wildman–Crippen MR) is 86.6 cm³/mol. The van der Waals surface area contributed by atoms with E-state index in [9.17, 15) is 9.59 Å². The Balaban J connectivity index is 1.85. The number of anilines is 1. The van der Waals surface area contributed by atoms with Crippen molar-refractivity contribution in [3.8, 4) is 0 Å². The second-order valence-electron chi connectivity index (χ2n) is 5.14. The molecule has 1 aromatic carbocycles. The molecule has 3 amide bonds. The third-order valence-electron chi connectivity index (χ3n) is 3.55. The van der Waals surface area contributed by atoms with Crippen LogP contribution < -0.4 is 15.5 Å². The van der Waals surface area contributed by atoms with E-state index in [-0.39, 0.29) is 30.9 Å². The van der Waals surface area contributed by atoms with E-state index in [1.165, 1.54) is 14.2 Å². The molecule has 126 valence electrons. The SMILES string of the molecule is COC(CNC(=O)NC1CC(=O)N(c2ccc(Cl)cc2)C1)OC. The molecule has 0 spiro atoms. The fraction of sp³-hybridized carbons (Fsp3) is 0.467. The molecule has 0 radical (unpaired) electrons. The lowest BCUT2D eigenvalue weighted by molar-refractivity contribution is -0.117. The van der Waals surface area contributed by atoms with Crippen molar-refractivity contribution in [3.05, 3.63) is 29.3 Å². The van der Waals surface area contributed by atoms with Crippen LogP contribution in [0.25, 0.3) is 0 Å². The number of halogens is 1. The van der Waals surface area contributed by atoms with Gasteiger partial charge in [-0.3, -0.25) is 4.79 Å². The maximum atomic E-state index is 12.1. The first kappa shape index (κ1) is 17.5. The quantitative estimate of drug-likeness (QED) is 0.766. The molecule has 1 atom stereocenters. The Morgan fingerprint density at radius 1 is 1.35 bits per heavy atom. The molecule has 7 nitrogen and oxygen atoms in total. The number of amides is 3. The van der Waals surface area contributed by atoms with Crippen molar-refractivity contribution in [2.45, 2.75) is 18.8 Å². The third-order valence-corrected chi connectivity index (χ3v) is 3.81. The van der Waals surface area contributed by atoms with Gasteiger partial charge in [0.25, 0.3) is 0 Å². The maximum absolute atomic E-state index is 12.1. The monoisotopic (exact) mass is 341 g/mol. The largest absolute Gasteiger partial charge is 0.354 e. The van der Waals surface area contributed by atoms with Crippen LogP contribution in [0, 0.1) is 0 Å². The summed E-state index contributed by atoms with van der Waals surface area (Å²) in [5.41, 5.74) is 0.767. The zero-order chi connectivity index (χ0) is 16.8. The molecular weight excluding hydrogens is 322 g/mol. The van der Waals surface area contributed by atoms with Gasteiger partial charge < -0.3 is 25.0 Å². The van der Waals surface area contributed by atoms with Crippen LogP contribution in [-0.2, 0) is 14.3 Å². The Bertz CT molecular complexity index is 548. The van der Waals surface area contributed by atoms with Crippen molar-refractivity contribution in [1.29, 1.82) is 0 Å². The maximum Gasteiger partial charge on any atom is 0.315 e. The molecule has 1 heterocycles. The van der Waals surface area contributed by atoms with Crippen LogP contribution in [0.4, 0.5) is 10.5 Å². The molecule has 0 aliphatic carbocycles. The minimum Gasteiger partial charge on any atom is -0.354 e. The lowest BCUT2D eigenvalue weighted by Crippen LogP contribution is -2.46. The molecular formula is C15H20ClN3O4. The fourth-order valence-corrected chi connectivity index (χ4v) is 2.48. The van der Waals surface area contributed by atoms with Gasteiger partial charge in [0, 0.05) is 37.9 Å². The van der Waals surface area contributed by atoms with Crippen molar-refractivity contribution in [3.63, 3.8) is 0 Å². The molecule has 1 saturated heterocycles. The average molecular weight is 342 g/mol. The van der Waals surface area contributed by atoms with E-state index < -0.39 is 6.29 Å². The van der Waals surface area contributed by atoms with Crippen molar-refractivity contribution in [1.82, 2.24) is 10.6 Å². The first-order valence-corrected chi connectivity index (χ1v) is 7.57. The predicted octanol–water partition coefficient (Wildman–Crippen LogP) is 1.36. The van der Waals surface area contributed by atoms with E-state index >= 15 is 0 Å². The van der Waals surface area contributed by atoms with E-state index in [0.29, 0.717) is 11.6 Å². The van der Waals surface area contributed by atoms with Gasteiger partial charge in [-0.15, -0.1) is 0 Å². The summed E-state index contributed by atoms with van der Waals surface area (Å²) >= 11 is 5.85. The molecule has 2 N–H and O–H groups in total. The van der Waals surface area contributed by atoms with Gasteiger partial charge >= 0.3 is 6.03 Å². The molecule has 1 aliphatic heterocycles. The number of hydrogen-bond acceptors (Lipinski definition) is 4. The van der Waals surface area contributed by atoms with Gasteiger partial charge in [-0.05, 0) is 24.3 Å². The minimum absolute atomic E-state index is 0.0377. The number of carbonyl (C=O) groups excluding carboxylic acids is 2. The normalized spacial score (nSPS) is 17.7. The number of methoxy groups -OCH3 is 2. The highest BCUT2D eigenvalue weighted by Crippen LogP contribution is 2.23. The fourth-order valence-electron chi connectivity index (χ4n) is 2.35. The lowest BCUT2D eigenvalue weighted by Gasteiger charge is -2.18. The topological polar surface area (TPSA) is 79.9 Å². The van der Waals surface area contributed by atoms with Gasteiger partial charge in [0.2, 0.25) is 5.91 Å². The van der Waals surface area contributed by atoms with Gasteiger partial charge in [-0.2, -0.15) is 0 Å². The second-order valence-corrected chi connectivity index (χ2v) is 5.57. The number of hydrogen-bond donors (Lipinski definition) is 2. The summed E-state index contributed by atoms with van der Waals surface area (Å²) in [6, 6.07) is 6.41. The van der Waals surface area contributed by atoms with Crippen LogP contribution in [0.1, 0.15) is 6.42 Å². The molecule has 1 aliphatic rings.